The van der Waals surface area contributed by atoms with E-state index in [0.717, 1.165) is 6.42 Å². The predicted molar refractivity (Wildman–Crippen MR) is 74.8 cm³/mol. The van der Waals surface area contributed by atoms with Gasteiger partial charge in [0, 0.05) is 6.07 Å². The summed E-state index contributed by atoms with van der Waals surface area (Å²) in [7, 11) is 0. The first kappa shape index (κ1) is 14.9. The van der Waals surface area contributed by atoms with Crippen molar-refractivity contribution in [2.75, 3.05) is 6.61 Å². The van der Waals surface area contributed by atoms with E-state index >= 15 is 0 Å². The molecule has 0 saturated heterocycles. The summed E-state index contributed by atoms with van der Waals surface area (Å²) in [5.41, 5.74) is 0. The molecule has 0 N–H and O–H groups in total. The first-order valence-electron chi connectivity index (χ1n) is 5.75. The van der Waals surface area contributed by atoms with E-state index in [1.165, 1.54) is 12.1 Å². The largest absolute Gasteiger partial charge is 0.463 e. The highest BCUT2D eigenvalue weighted by Crippen LogP contribution is 2.25. The van der Waals surface area contributed by atoms with Gasteiger partial charge >= 0.3 is 12.0 Å². The fourth-order valence-corrected chi connectivity index (χ4v) is 1.66. The number of ether oxygens (including phenoxy) is 2. The number of halogens is 3. The molecule has 2 rings (SSSR count). The molecular weight excluding hydrogens is 353 g/mol. The quantitative estimate of drug-likeness (QED) is 0.804. The Balaban J connectivity index is 2.19. The molecule has 1 aromatic heterocycles. The molecule has 0 bridgehead atoms. The van der Waals surface area contributed by atoms with Gasteiger partial charge in [0.25, 0.3) is 0 Å². The molecule has 20 heavy (non-hydrogen) atoms. The van der Waals surface area contributed by atoms with E-state index in [4.69, 9.17) is 21.1 Å². The Morgan fingerprint density at radius 1 is 1.25 bits per heavy atom. The monoisotopic (exact) mass is 361 g/mol. The molecule has 5 nitrogen and oxygen atoms in total. The smallest absolute Gasteiger partial charge is 0.329 e. The lowest BCUT2D eigenvalue weighted by molar-refractivity contribution is 0.284. The van der Waals surface area contributed by atoms with Gasteiger partial charge in [0.2, 0.25) is 5.28 Å². The molecule has 0 atom stereocenters. The highest BCUT2D eigenvalue weighted by atomic mass is 79.9. The zero-order valence-corrected chi connectivity index (χ0v) is 12.8. The zero-order valence-electron chi connectivity index (χ0n) is 10.4. The van der Waals surface area contributed by atoms with Gasteiger partial charge in [-0.25, -0.2) is 4.39 Å². The third-order valence-corrected chi connectivity index (χ3v) is 2.91. The third kappa shape index (κ3) is 4.01. The normalized spacial score (nSPS) is 10.4. The molecule has 1 aromatic carbocycles. The van der Waals surface area contributed by atoms with Crippen LogP contribution in [0.5, 0.6) is 17.8 Å². The lowest BCUT2D eigenvalue weighted by atomic mass is 10.3. The van der Waals surface area contributed by atoms with Crippen molar-refractivity contribution in [1.29, 1.82) is 0 Å². The van der Waals surface area contributed by atoms with E-state index < -0.39 is 5.82 Å². The summed E-state index contributed by atoms with van der Waals surface area (Å²) in [4.78, 5) is 11.5. The number of rotatable bonds is 5. The zero-order chi connectivity index (χ0) is 14.5. The number of nitrogens with zero attached hydrogens (tertiary/aromatic N) is 3. The van der Waals surface area contributed by atoms with Gasteiger partial charge < -0.3 is 9.47 Å². The Labute approximate surface area is 128 Å². The van der Waals surface area contributed by atoms with Crippen molar-refractivity contribution in [3.05, 3.63) is 33.8 Å². The average molecular weight is 363 g/mol. The summed E-state index contributed by atoms with van der Waals surface area (Å²) in [5, 5.41) is -0.0568. The Kier molecular flexibility index (Phi) is 5.08. The van der Waals surface area contributed by atoms with Crippen molar-refractivity contribution in [2.24, 2.45) is 0 Å². The van der Waals surface area contributed by atoms with Gasteiger partial charge in [0.15, 0.2) is 0 Å². The molecule has 2 aromatic rings. The summed E-state index contributed by atoms with van der Waals surface area (Å²) >= 11 is 8.80. The number of benzene rings is 1. The number of hydrogen-bond donors (Lipinski definition) is 0. The summed E-state index contributed by atoms with van der Waals surface area (Å²) in [6.07, 6.45) is 0.803. The Bertz CT molecular complexity index is 615. The molecule has 0 radical (unpaired) electrons. The summed E-state index contributed by atoms with van der Waals surface area (Å²) in [5.74, 6) is -0.209. The molecular formula is C12H10BrClFN3O2. The van der Waals surface area contributed by atoms with Crippen molar-refractivity contribution in [2.45, 2.75) is 13.3 Å². The standard InChI is InChI=1S/C12H10BrClFN3O2/c1-2-5-19-11-16-10(14)17-12(18-11)20-7-3-4-8(13)9(15)6-7/h3-4,6H,2,5H2,1H3. The predicted octanol–water partition coefficient (Wildman–Crippen LogP) is 4.01. The maximum absolute atomic E-state index is 13.4. The first-order chi connectivity index (χ1) is 9.58. The van der Waals surface area contributed by atoms with E-state index in [1.807, 2.05) is 6.92 Å². The van der Waals surface area contributed by atoms with Crippen molar-refractivity contribution >= 4 is 27.5 Å². The van der Waals surface area contributed by atoms with Crippen molar-refractivity contribution in [1.82, 2.24) is 15.0 Å². The van der Waals surface area contributed by atoms with Crippen LogP contribution >= 0.6 is 27.5 Å². The number of hydrogen-bond acceptors (Lipinski definition) is 5. The fraction of sp³-hybridized carbons (Fsp3) is 0.250. The molecule has 0 unspecified atom stereocenters. The molecule has 0 aliphatic rings. The second-order valence-corrected chi connectivity index (χ2v) is 4.89. The molecule has 0 fully saturated rings. The first-order valence-corrected chi connectivity index (χ1v) is 6.93. The van der Waals surface area contributed by atoms with E-state index in [9.17, 15) is 4.39 Å². The van der Waals surface area contributed by atoms with Gasteiger partial charge in [0.05, 0.1) is 11.1 Å². The second kappa shape index (κ2) is 6.81. The van der Waals surface area contributed by atoms with Gasteiger partial charge in [-0.15, -0.1) is 4.98 Å². The van der Waals surface area contributed by atoms with Gasteiger partial charge in [-0.2, -0.15) is 9.97 Å². The van der Waals surface area contributed by atoms with Gasteiger partial charge in [-0.05, 0) is 46.1 Å². The van der Waals surface area contributed by atoms with Gasteiger partial charge in [-0.1, -0.05) is 6.92 Å². The minimum absolute atomic E-state index is 0.0568. The molecule has 8 heteroatoms. The molecule has 1 heterocycles. The molecule has 0 saturated carbocycles. The van der Waals surface area contributed by atoms with E-state index in [0.29, 0.717) is 11.1 Å². The second-order valence-electron chi connectivity index (χ2n) is 3.70. The fourth-order valence-electron chi connectivity index (χ4n) is 1.26. The molecule has 0 spiro atoms. The van der Waals surface area contributed by atoms with Crippen LogP contribution in [0.3, 0.4) is 0 Å². The number of aromatic nitrogens is 3. The van der Waals surface area contributed by atoms with Crippen LogP contribution in [-0.2, 0) is 0 Å². The highest BCUT2D eigenvalue weighted by Gasteiger charge is 2.09. The average Bonchev–Trinajstić information content (AvgIpc) is 2.40. The van der Waals surface area contributed by atoms with Crippen molar-refractivity contribution < 1.29 is 13.9 Å². The molecule has 0 aliphatic carbocycles. The minimum Gasteiger partial charge on any atom is -0.463 e. The maximum Gasteiger partial charge on any atom is 0.329 e. The van der Waals surface area contributed by atoms with Crippen LogP contribution in [0.2, 0.25) is 5.28 Å². The van der Waals surface area contributed by atoms with Crippen LogP contribution in [0.1, 0.15) is 13.3 Å². The Morgan fingerprint density at radius 3 is 2.70 bits per heavy atom. The van der Waals surface area contributed by atoms with Gasteiger partial charge in [-0.3, -0.25) is 0 Å². The maximum atomic E-state index is 13.4. The Hall–Kier alpha value is -1.47. The minimum atomic E-state index is -0.454. The van der Waals surface area contributed by atoms with Crippen LogP contribution in [-0.4, -0.2) is 21.6 Å². The molecule has 0 amide bonds. The van der Waals surface area contributed by atoms with E-state index in [2.05, 4.69) is 30.9 Å². The summed E-state index contributed by atoms with van der Waals surface area (Å²) in [6, 6.07) is 4.30. The van der Waals surface area contributed by atoms with Crippen LogP contribution in [0.4, 0.5) is 4.39 Å². The molecule has 0 aliphatic heterocycles. The Morgan fingerprint density at radius 2 is 2.00 bits per heavy atom. The van der Waals surface area contributed by atoms with E-state index in [1.54, 1.807) is 6.07 Å². The van der Waals surface area contributed by atoms with Crippen LogP contribution < -0.4 is 9.47 Å². The lowest BCUT2D eigenvalue weighted by Gasteiger charge is -2.07. The third-order valence-electron chi connectivity index (χ3n) is 2.10. The SMILES string of the molecule is CCCOc1nc(Cl)nc(Oc2ccc(Br)c(F)c2)n1. The van der Waals surface area contributed by atoms with Crippen molar-refractivity contribution in [3.63, 3.8) is 0 Å². The van der Waals surface area contributed by atoms with Crippen LogP contribution in [0.15, 0.2) is 22.7 Å². The summed E-state index contributed by atoms with van der Waals surface area (Å²) < 4.78 is 24.3. The van der Waals surface area contributed by atoms with Crippen LogP contribution in [0, 0.1) is 5.82 Å². The topological polar surface area (TPSA) is 57.1 Å². The summed E-state index contributed by atoms with van der Waals surface area (Å²) in [6.45, 7) is 2.40. The molecule has 106 valence electrons. The van der Waals surface area contributed by atoms with Gasteiger partial charge in [0.1, 0.15) is 11.6 Å². The highest BCUT2D eigenvalue weighted by molar-refractivity contribution is 9.10. The van der Waals surface area contributed by atoms with Crippen molar-refractivity contribution in [3.8, 4) is 17.8 Å². The van der Waals surface area contributed by atoms with E-state index in [-0.39, 0.29) is 23.1 Å². The van der Waals surface area contributed by atoms with Crippen LogP contribution in [0.25, 0.3) is 0 Å². The lowest BCUT2D eigenvalue weighted by Crippen LogP contribution is -2.03.